The van der Waals surface area contributed by atoms with Crippen molar-refractivity contribution in [2.75, 3.05) is 0 Å². The van der Waals surface area contributed by atoms with Crippen LogP contribution in [0, 0.1) is 0 Å². The lowest BCUT2D eigenvalue weighted by Crippen LogP contribution is -2.22. The highest BCUT2D eigenvalue weighted by atomic mass is 16.5. The van der Waals surface area contributed by atoms with Gasteiger partial charge in [-0.2, -0.15) is 0 Å². The Labute approximate surface area is 82.3 Å². The highest BCUT2D eigenvalue weighted by molar-refractivity contribution is 5.69. The highest BCUT2D eigenvalue weighted by Crippen LogP contribution is 2.43. The second-order valence-electron chi connectivity index (χ2n) is 3.67. The molecular formula is C11H12O3. The number of ether oxygens (including phenoxy) is 1. The summed E-state index contributed by atoms with van der Waals surface area (Å²) < 4.78 is 5.64. The van der Waals surface area contributed by atoms with Crippen LogP contribution in [0.25, 0.3) is 0 Å². The molecule has 0 saturated heterocycles. The Morgan fingerprint density at radius 3 is 2.50 bits per heavy atom. The molecule has 1 N–H and O–H groups in total. The number of hydrogen-bond donors (Lipinski definition) is 1. The zero-order valence-corrected chi connectivity index (χ0v) is 7.77. The van der Waals surface area contributed by atoms with Crippen LogP contribution in [0.15, 0.2) is 30.3 Å². The smallest absolute Gasteiger partial charge is 0.307 e. The number of carboxylic acids is 1. The van der Waals surface area contributed by atoms with Crippen LogP contribution in [0.3, 0.4) is 0 Å². The van der Waals surface area contributed by atoms with Crippen LogP contribution in [0.5, 0.6) is 5.75 Å². The maximum Gasteiger partial charge on any atom is 0.307 e. The van der Waals surface area contributed by atoms with Crippen molar-refractivity contribution in [1.29, 1.82) is 0 Å². The first-order valence-electron chi connectivity index (χ1n) is 4.66. The first kappa shape index (κ1) is 9.06. The fraction of sp³-hybridized carbons (Fsp3) is 0.364. The van der Waals surface area contributed by atoms with E-state index < -0.39 is 11.6 Å². The fourth-order valence-corrected chi connectivity index (χ4v) is 1.47. The molecule has 14 heavy (non-hydrogen) atoms. The van der Waals surface area contributed by atoms with Gasteiger partial charge in [0.2, 0.25) is 0 Å². The number of rotatable bonds is 4. The van der Waals surface area contributed by atoms with E-state index in [-0.39, 0.29) is 6.42 Å². The maximum absolute atomic E-state index is 10.6. The molecule has 0 atom stereocenters. The monoisotopic (exact) mass is 192 g/mol. The van der Waals surface area contributed by atoms with E-state index in [4.69, 9.17) is 9.84 Å². The van der Waals surface area contributed by atoms with E-state index in [1.165, 1.54) is 0 Å². The molecule has 1 aromatic carbocycles. The second kappa shape index (κ2) is 3.33. The summed E-state index contributed by atoms with van der Waals surface area (Å²) in [4.78, 5) is 10.6. The second-order valence-corrected chi connectivity index (χ2v) is 3.67. The summed E-state index contributed by atoms with van der Waals surface area (Å²) in [5.41, 5.74) is -0.423. The van der Waals surface area contributed by atoms with Crippen molar-refractivity contribution in [3.8, 4) is 5.75 Å². The molecule has 0 aliphatic heterocycles. The Balaban J connectivity index is 2.01. The predicted octanol–water partition coefficient (Wildman–Crippen LogP) is 2.07. The van der Waals surface area contributed by atoms with Gasteiger partial charge in [0.1, 0.15) is 11.4 Å². The molecule has 0 radical (unpaired) electrons. The first-order valence-corrected chi connectivity index (χ1v) is 4.66. The van der Waals surface area contributed by atoms with Gasteiger partial charge in [-0.3, -0.25) is 4.79 Å². The minimum atomic E-state index is -0.793. The van der Waals surface area contributed by atoms with Crippen molar-refractivity contribution >= 4 is 5.97 Å². The number of hydrogen-bond acceptors (Lipinski definition) is 2. The fourth-order valence-electron chi connectivity index (χ4n) is 1.47. The van der Waals surface area contributed by atoms with Gasteiger partial charge >= 0.3 is 5.97 Å². The van der Waals surface area contributed by atoms with Crippen LogP contribution in [-0.4, -0.2) is 16.7 Å². The van der Waals surface area contributed by atoms with E-state index >= 15 is 0 Å². The molecule has 1 fully saturated rings. The van der Waals surface area contributed by atoms with E-state index in [9.17, 15) is 4.79 Å². The minimum Gasteiger partial charge on any atom is -0.487 e. The van der Waals surface area contributed by atoms with Gasteiger partial charge in [-0.1, -0.05) is 18.2 Å². The zero-order chi connectivity index (χ0) is 10.0. The molecule has 0 aromatic heterocycles. The van der Waals surface area contributed by atoms with Crippen molar-refractivity contribution in [3.05, 3.63) is 30.3 Å². The van der Waals surface area contributed by atoms with Gasteiger partial charge in [0.25, 0.3) is 0 Å². The topological polar surface area (TPSA) is 46.5 Å². The van der Waals surface area contributed by atoms with E-state index in [1.54, 1.807) is 0 Å². The van der Waals surface area contributed by atoms with Crippen LogP contribution in [0.1, 0.15) is 19.3 Å². The Morgan fingerprint density at radius 1 is 1.36 bits per heavy atom. The summed E-state index contributed by atoms with van der Waals surface area (Å²) >= 11 is 0. The third kappa shape index (κ3) is 2.05. The minimum absolute atomic E-state index is 0.0991. The van der Waals surface area contributed by atoms with Crippen molar-refractivity contribution < 1.29 is 14.6 Å². The molecule has 74 valence electrons. The highest BCUT2D eigenvalue weighted by Gasteiger charge is 2.47. The average Bonchev–Trinajstić information content (AvgIpc) is 2.85. The molecule has 0 amide bonds. The van der Waals surface area contributed by atoms with Gasteiger partial charge in [0, 0.05) is 0 Å². The molecule has 2 rings (SSSR count). The molecule has 0 unspecified atom stereocenters. The number of carboxylic acid groups (broad SMARTS) is 1. The summed E-state index contributed by atoms with van der Waals surface area (Å²) in [5.74, 6) is -0.0373. The molecule has 1 saturated carbocycles. The van der Waals surface area contributed by atoms with E-state index in [0.717, 1.165) is 18.6 Å². The predicted molar refractivity (Wildman–Crippen MR) is 51.3 cm³/mol. The first-order chi connectivity index (χ1) is 6.70. The van der Waals surface area contributed by atoms with Crippen molar-refractivity contribution in [2.24, 2.45) is 0 Å². The van der Waals surface area contributed by atoms with Crippen molar-refractivity contribution in [1.82, 2.24) is 0 Å². The molecule has 3 heteroatoms. The van der Waals surface area contributed by atoms with E-state index in [1.807, 2.05) is 30.3 Å². The van der Waals surface area contributed by atoms with E-state index in [2.05, 4.69) is 0 Å². The molecule has 0 bridgehead atoms. The molecule has 1 aromatic rings. The van der Waals surface area contributed by atoms with Crippen LogP contribution >= 0.6 is 0 Å². The molecule has 1 aliphatic carbocycles. The number of carbonyl (C=O) groups is 1. The SMILES string of the molecule is O=C(O)CC1(Oc2ccccc2)CC1. The van der Waals surface area contributed by atoms with Crippen LogP contribution in [-0.2, 0) is 4.79 Å². The normalized spacial score (nSPS) is 17.4. The Bertz CT molecular complexity index is 328. The standard InChI is InChI=1S/C11H12O3/c12-10(13)8-11(6-7-11)14-9-4-2-1-3-5-9/h1-5H,6-8H2,(H,12,13). The Kier molecular flexibility index (Phi) is 2.15. The maximum atomic E-state index is 10.6. The lowest BCUT2D eigenvalue weighted by Gasteiger charge is -2.15. The third-order valence-electron chi connectivity index (χ3n) is 2.36. The van der Waals surface area contributed by atoms with Crippen molar-refractivity contribution in [2.45, 2.75) is 24.9 Å². The van der Waals surface area contributed by atoms with Gasteiger partial charge in [-0.25, -0.2) is 0 Å². The summed E-state index contributed by atoms with van der Waals surface area (Å²) in [6.45, 7) is 0. The number of aliphatic carboxylic acids is 1. The molecular weight excluding hydrogens is 180 g/mol. The van der Waals surface area contributed by atoms with Gasteiger partial charge < -0.3 is 9.84 Å². The Hall–Kier alpha value is -1.51. The summed E-state index contributed by atoms with van der Waals surface area (Å²) in [6.07, 6.45) is 1.78. The van der Waals surface area contributed by atoms with Crippen LogP contribution < -0.4 is 4.74 Å². The lowest BCUT2D eigenvalue weighted by atomic mass is 10.2. The van der Waals surface area contributed by atoms with E-state index in [0.29, 0.717) is 0 Å². The van der Waals surface area contributed by atoms with Gasteiger partial charge in [0.15, 0.2) is 0 Å². The number of benzene rings is 1. The molecule has 3 nitrogen and oxygen atoms in total. The van der Waals surface area contributed by atoms with Crippen LogP contribution in [0.4, 0.5) is 0 Å². The van der Waals surface area contributed by atoms with Gasteiger partial charge in [0.05, 0.1) is 6.42 Å². The van der Waals surface area contributed by atoms with Crippen molar-refractivity contribution in [3.63, 3.8) is 0 Å². The molecule has 0 heterocycles. The quantitative estimate of drug-likeness (QED) is 0.794. The largest absolute Gasteiger partial charge is 0.487 e. The summed E-state index contributed by atoms with van der Waals surface area (Å²) in [7, 11) is 0. The molecule has 1 aliphatic rings. The summed E-state index contributed by atoms with van der Waals surface area (Å²) in [5, 5.41) is 8.69. The molecule has 0 spiro atoms. The number of para-hydroxylation sites is 1. The van der Waals surface area contributed by atoms with Gasteiger partial charge in [-0.15, -0.1) is 0 Å². The summed E-state index contributed by atoms with van der Waals surface area (Å²) in [6, 6.07) is 9.37. The average molecular weight is 192 g/mol. The Morgan fingerprint density at radius 2 is 2.00 bits per heavy atom. The third-order valence-corrected chi connectivity index (χ3v) is 2.36. The van der Waals surface area contributed by atoms with Crippen LogP contribution in [0.2, 0.25) is 0 Å². The lowest BCUT2D eigenvalue weighted by molar-refractivity contribution is -0.139. The zero-order valence-electron chi connectivity index (χ0n) is 7.77. The van der Waals surface area contributed by atoms with Gasteiger partial charge in [-0.05, 0) is 25.0 Å².